The van der Waals surface area contributed by atoms with Gasteiger partial charge in [-0.25, -0.2) is 0 Å². The summed E-state index contributed by atoms with van der Waals surface area (Å²) in [5, 5.41) is 4.65. The highest BCUT2D eigenvalue weighted by molar-refractivity contribution is 7.21. The normalized spacial score (nSPS) is 10.7. The molecule has 3 aromatic rings. The molecule has 0 unspecified atom stereocenters. The molecule has 1 aromatic heterocycles. The van der Waals surface area contributed by atoms with Gasteiger partial charge in [0.25, 0.3) is 5.91 Å². The Kier molecular flexibility index (Phi) is 5.16. The third kappa shape index (κ3) is 3.57. The second-order valence-corrected chi connectivity index (χ2v) is 7.05. The van der Waals surface area contributed by atoms with Gasteiger partial charge < -0.3 is 14.8 Å². The molecule has 0 atom stereocenters. The highest BCUT2D eigenvalue weighted by atomic mass is 35.5. The minimum absolute atomic E-state index is 0.104. The van der Waals surface area contributed by atoms with Gasteiger partial charge in [0.15, 0.2) is 0 Å². The van der Waals surface area contributed by atoms with Crippen LogP contribution in [0.1, 0.15) is 20.8 Å². The number of carbonyl (C=O) groups is 1. The third-order valence-corrected chi connectivity index (χ3v) is 5.54. The molecular weight excluding hydrogens is 358 g/mol. The number of hydrogen-bond acceptors (Lipinski definition) is 4. The van der Waals surface area contributed by atoms with E-state index in [1.54, 1.807) is 20.3 Å². The largest absolute Gasteiger partial charge is 0.497 e. The van der Waals surface area contributed by atoms with E-state index in [9.17, 15) is 4.79 Å². The first-order chi connectivity index (χ1) is 12.0. The SMILES string of the molecule is COc1ccc(CNC(=O)c2sc3ccc(Cl)cc3c2C)c(OC)c1. The molecule has 6 heteroatoms. The lowest BCUT2D eigenvalue weighted by Crippen LogP contribution is -2.22. The molecule has 0 aliphatic heterocycles. The molecule has 0 aliphatic rings. The minimum atomic E-state index is -0.104. The number of ether oxygens (including phenoxy) is 2. The Morgan fingerprint density at radius 1 is 1.16 bits per heavy atom. The highest BCUT2D eigenvalue weighted by Gasteiger charge is 2.16. The number of aryl methyl sites for hydroxylation is 1. The maximum atomic E-state index is 12.6. The molecule has 0 saturated carbocycles. The van der Waals surface area contributed by atoms with E-state index < -0.39 is 0 Å². The fourth-order valence-electron chi connectivity index (χ4n) is 2.66. The summed E-state index contributed by atoms with van der Waals surface area (Å²) in [5.74, 6) is 1.29. The van der Waals surface area contributed by atoms with Crippen LogP contribution in [-0.4, -0.2) is 20.1 Å². The molecular formula is C19H18ClNO3S. The van der Waals surface area contributed by atoms with Crippen LogP contribution in [0.25, 0.3) is 10.1 Å². The Morgan fingerprint density at radius 3 is 2.68 bits per heavy atom. The van der Waals surface area contributed by atoms with Gasteiger partial charge in [-0.1, -0.05) is 11.6 Å². The molecule has 0 bridgehead atoms. The second-order valence-electron chi connectivity index (χ2n) is 5.56. The molecule has 1 amide bonds. The van der Waals surface area contributed by atoms with E-state index in [1.807, 2.05) is 37.3 Å². The number of rotatable bonds is 5. The van der Waals surface area contributed by atoms with E-state index in [1.165, 1.54) is 11.3 Å². The van der Waals surface area contributed by atoms with Crippen LogP contribution in [0.5, 0.6) is 11.5 Å². The van der Waals surface area contributed by atoms with Gasteiger partial charge in [-0.3, -0.25) is 4.79 Å². The number of methoxy groups -OCH3 is 2. The molecule has 3 rings (SSSR count). The molecule has 0 radical (unpaired) electrons. The van der Waals surface area contributed by atoms with E-state index in [-0.39, 0.29) is 5.91 Å². The average Bonchev–Trinajstić information content (AvgIpc) is 2.96. The highest BCUT2D eigenvalue weighted by Crippen LogP contribution is 2.32. The fourth-order valence-corrected chi connectivity index (χ4v) is 3.94. The summed E-state index contributed by atoms with van der Waals surface area (Å²) < 4.78 is 11.6. The van der Waals surface area contributed by atoms with Crippen LogP contribution in [0, 0.1) is 6.92 Å². The zero-order chi connectivity index (χ0) is 18.0. The van der Waals surface area contributed by atoms with E-state index in [2.05, 4.69) is 5.32 Å². The summed E-state index contributed by atoms with van der Waals surface area (Å²) in [6.07, 6.45) is 0. The molecule has 4 nitrogen and oxygen atoms in total. The Hall–Kier alpha value is -2.24. The predicted octanol–water partition coefficient (Wildman–Crippen LogP) is 4.81. The summed E-state index contributed by atoms with van der Waals surface area (Å²) in [6.45, 7) is 2.32. The van der Waals surface area contributed by atoms with Crippen molar-refractivity contribution >= 4 is 38.9 Å². The first kappa shape index (κ1) is 17.6. The lowest BCUT2D eigenvalue weighted by molar-refractivity contribution is 0.0954. The van der Waals surface area contributed by atoms with Gasteiger partial charge in [0.2, 0.25) is 0 Å². The van der Waals surface area contributed by atoms with Crippen molar-refractivity contribution in [2.75, 3.05) is 14.2 Å². The number of hydrogen-bond donors (Lipinski definition) is 1. The summed E-state index contributed by atoms with van der Waals surface area (Å²) >= 11 is 7.53. The van der Waals surface area contributed by atoms with Crippen molar-refractivity contribution in [3.63, 3.8) is 0 Å². The van der Waals surface area contributed by atoms with Crippen LogP contribution in [0.15, 0.2) is 36.4 Å². The summed E-state index contributed by atoms with van der Waals surface area (Å²) in [4.78, 5) is 13.3. The second kappa shape index (κ2) is 7.33. The lowest BCUT2D eigenvalue weighted by atomic mass is 10.1. The number of halogens is 1. The first-order valence-corrected chi connectivity index (χ1v) is 8.90. The van der Waals surface area contributed by atoms with Crippen molar-refractivity contribution in [2.45, 2.75) is 13.5 Å². The molecule has 0 fully saturated rings. The van der Waals surface area contributed by atoms with Gasteiger partial charge >= 0.3 is 0 Å². The van der Waals surface area contributed by atoms with Crippen LogP contribution in [0.2, 0.25) is 5.02 Å². The average molecular weight is 376 g/mol. The minimum Gasteiger partial charge on any atom is -0.497 e. The van der Waals surface area contributed by atoms with Gasteiger partial charge in [0.1, 0.15) is 11.5 Å². The molecule has 0 saturated heterocycles. The number of nitrogens with one attached hydrogen (secondary N) is 1. The lowest BCUT2D eigenvalue weighted by Gasteiger charge is -2.11. The van der Waals surface area contributed by atoms with Gasteiger partial charge in [-0.2, -0.15) is 0 Å². The smallest absolute Gasteiger partial charge is 0.261 e. The van der Waals surface area contributed by atoms with Crippen LogP contribution < -0.4 is 14.8 Å². The van der Waals surface area contributed by atoms with E-state index in [4.69, 9.17) is 21.1 Å². The number of fused-ring (bicyclic) bond motifs is 1. The quantitative estimate of drug-likeness (QED) is 0.696. The fraction of sp³-hybridized carbons (Fsp3) is 0.211. The monoisotopic (exact) mass is 375 g/mol. The molecule has 0 aliphatic carbocycles. The van der Waals surface area contributed by atoms with Crippen molar-refractivity contribution in [1.29, 1.82) is 0 Å². The van der Waals surface area contributed by atoms with Crippen molar-refractivity contribution < 1.29 is 14.3 Å². The van der Waals surface area contributed by atoms with Crippen LogP contribution in [-0.2, 0) is 6.54 Å². The van der Waals surface area contributed by atoms with Gasteiger partial charge in [-0.05, 0) is 48.2 Å². The van der Waals surface area contributed by atoms with Gasteiger partial charge in [-0.15, -0.1) is 11.3 Å². The van der Waals surface area contributed by atoms with E-state index in [0.29, 0.717) is 27.9 Å². The molecule has 1 N–H and O–H groups in total. The number of amides is 1. The van der Waals surface area contributed by atoms with E-state index >= 15 is 0 Å². The summed E-state index contributed by atoms with van der Waals surface area (Å²) in [6, 6.07) is 11.2. The summed E-state index contributed by atoms with van der Waals surface area (Å²) in [7, 11) is 3.20. The summed E-state index contributed by atoms with van der Waals surface area (Å²) in [5.41, 5.74) is 1.83. The standard InChI is InChI=1S/C19H18ClNO3S/c1-11-15-8-13(20)5-7-17(15)25-18(11)19(22)21-10-12-4-6-14(23-2)9-16(12)24-3/h4-9H,10H2,1-3H3,(H,21,22). The van der Waals surface area contributed by atoms with Gasteiger partial charge in [0, 0.05) is 27.9 Å². The molecule has 25 heavy (non-hydrogen) atoms. The van der Waals surface area contributed by atoms with Crippen LogP contribution >= 0.6 is 22.9 Å². The molecule has 1 heterocycles. The zero-order valence-electron chi connectivity index (χ0n) is 14.2. The zero-order valence-corrected chi connectivity index (χ0v) is 15.8. The number of carbonyl (C=O) groups excluding carboxylic acids is 1. The topological polar surface area (TPSA) is 47.6 Å². The number of benzene rings is 2. The molecule has 0 spiro atoms. The van der Waals surface area contributed by atoms with Crippen molar-refractivity contribution in [3.8, 4) is 11.5 Å². The Bertz CT molecular complexity index is 936. The van der Waals surface area contributed by atoms with Gasteiger partial charge in [0.05, 0.1) is 19.1 Å². The molecule has 2 aromatic carbocycles. The first-order valence-electron chi connectivity index (χ1n) is 7.71. The van der Waals surface area contributed by atoms with Crippen molar-refractivity contribution in [3.05, 3.63) is 57.4 Å². The van der Waals surface area contributed by atoms with Crippen molar-refractivity contribution in [2.24, 2.45) is 0 Å². The number of thiophene rings is 1. The third-order valence-electron chi connectivity index (χ3n) is 4.04. The van der Waals surface area contributed by atoms with Crippen molar-refractivity contribution in [1.82, 2.24) is 5.32 Å². The molecule has 130 valence electrons. The Balaban J connectivity index is 1.80. The Morgan fingerprint density at radius 2 is 1.96 bits per heavy atom. The predicted molar refractivity (Wildman–Crippen MR) is 102 cm³/mol. The maximum absolute atomic E-state index is 12.6. The Labute approximate surface area is 155 Å². The van der Waals surface area contributed by atoms with E-state index in [0.717, 1.165) is 21.2 Å². The maximum Gasteiger partial charge on any atom is 0.261 e. The van der Waals surface area contributed by atoms with Crippen LogP contribution in [0.3, 0.4) is 0 Å². The van der Waals surface area contributed by atoms with Crippen LogP contribution in [0.4, 0.5) is 0 Å².